The fraction of sp³-hybridized carbons (Fsp3) is 0.681. The van der Waals surface area contributed by atoms with Crippen molar-refractivity contribution in [2.75, 3.05) is 33.8 Å². The molecule has 1 aromatic carbocycles. The van der Waals surface area contributed by atoms with E-state index in [0.29, 0.717) is 38.8 Å². The topological polar surface area (TPSA) is 208 Å². The van der Waals surface area contributed by atoms with E-state index in [4.69, 9.17) is 26.5 Å². The van der Waals surface area contributed by atoms with Gasteiger partial charge < -0.3 is 55.2 Å². The van der Waals surface area contributed by atoms with Gasteiger partial charge in [0.1, 0.15) is 30.2 Å². The molecule has 4 rings (SSSR count). The molecule has 2 fully saturated rings. The Balaban J connectivity index is 1.44. The number of nitrogens with two attached hydrogens (primary N) is 1. The fourth-order valence-electron chi connectivity index (χ4n) is 9.11. The smallest absolute Gasteiger partial charge is 0.309 e. The number of aliphatic hydroxyl groups is 4. The van der Waals surface area contributed by atoms with Gasteiger partial charge in [-0.1, -0.05) is 57.9 Å². The Morgan fingerprint density at radius 2 is 1.81 bits per heavy atom. The van der Waals surface area contributed by atoms with Crippen molar-refractivity contribution in [2.24, 2.45) is 23.6 Å². The Hall–Kier alpha value is -3.69. The molecule has 2 saturated heterocycles. The van der Waals surface area contributed by atoms with Crippen LogP contribution in [-0.2, 0) is 25.4 Å². The number of hydrogen-bond acceptors (Lipinski definition) is 15. The van der Waals surface area contributed by atoms with Crippen LogP contribution in [0.15, 0.2) is 54.9 Å². The second kappa shape index (κ2) is 23.3. The molecule has 0 bridgehead atoms. The lowest BCUT2D eigenvalue weighted by Gasteiger charge is -2.44. The summed E-state index contributed by atoms with van der Waals surface area (Å²) in [5.74, 6) is 6.96. The third kappa shape index (κ3) is 13.7. The number of aromatic nitrogens is 2. The maximum Gasteiger partial charge on any atom is 0.309 e. The normalized spacial score (nSPS) is 34.0. The summed E-state index contributed by atoms with van der Waals surface area (Å²) in [6, 6.07) is 7.45. The lowest BCUT2D eigenvalue weighted by Crippen LogP contribution is -2.59. The maximum absolute atomic E-state index is 13.6. The first-order chi connectivity index (χ1) is 29.3. The van der Waals surface area contributed by atoms with E-state index in [1.807, 2.05) is 77.0 Å². The molecule has 62 heavy (non-hydrogen) atoms. The van der Waals surface area contributed by atoms with Crippen LogP contribution in [0.5, 0.6) is 0 Å². The number of hydrogen-bond donors (Lipinski definition) is 7. The van der Waals surface area contributed by atoms with E-state index in [9.17, 15) is 25.2 Å². The highest BCUT2D eigenvalue weighted by Gasteiger charge is 2.47. The van der Waals surface area contributed by atoms with Crippen molar-refractivity contribution in [3.8, 4) is 23.5 Å². The summed E-state index contributed by atoms with van der Waals surface area (Å²) < 4.78 is 19.1. The Morgan fingerprint density at radius 3 is 2.42 bits per heavy atom. The number of terminal acetylenes is 1. The average Bonchev–Trinajstić information content (AvgIpc) is 3.25. The van der Waals surface area contributed by atoms with Crippen LogP contribution in [0.3, 0.4) is 0 Å². The summed E-state index contributed by atoms with van der Waals surface area (Å²) in [7, 11) is 3.90. The van der Waals surface area contributed by atoms with Crippen LogP contribution in [0.4, 0.5) is 0 Å². The summed E-state index contributed by atoms with van der Waals surface area (Å²) in [6.07, 6.45) is 12.4. The van der Waals surface area contributed by atoms with Gasteiger partial charge in [0, 0.05) is 67.9 Å². The molecule has 13 atom stereocenters. The van der Waals surface area contributed by atoms with Gasteiger partial charge in [0.25, 0.3) is 0 Å². The zero-order valence-electron chi connectivity index (χ0n) is 38.4. The monoisotopic (exact) mass is 866 g/mol. The molecule has 0 saturated carbocycles. The minimum atomic E-state index is -1.72. The molecule has 0 radical (unpaired) electrons. The average molecular weight is 866 g/mol. The Morgan fingerprint density at radius 1 is 1.13 bits per heavy atom. The number of cyclic esters (lactones) is 1. The second-order valence-corrected chi connectivity index (χ2v) is 18.4. The van der Waals surface area contributed by atoms with Crippen LogP contribution in [0.25, 0.3) is 11.1 Å². The van der Waals surface area contributed by atoms with Crippen LogP contribution in [0.2, 0.25) is 0 Å². The number of hydrazine groups is 1. The lowest BCUT2D eigenvalue weighted by molar-refractivity contribution is -0.256. The number of carbonyl (C=O) groups is 1. The molecule has 0 aliphatic carbocycles. The maximum atomic E-state index is 13.6. The molecule has 2 aliphatic rings. The number of nitrogens with one attached hydrogen (secondary N) is 2. The summed E-state index contributed by atoms with van der Waals surface area (Å²) in [5.41, 5.74) is 3.18. The van der Waals surface area contributed by atoms with Gasteiger partial charge in [-0.2, -0.15) is 0 Å². The van der Waals surface area contributed by atoms with Crippen molar-refractivity contribution in [3.63, 3.8) is 0 Å². The van der Waals surface area contributed by atoms with Crippen LogP contribution in [0.1, 0.15) is 92.6 Å². The largest absolute Gasteiger partial charge is 0.459 e. The summed E-state index contributed by atoms with van der Waals surface area (Å²) in [4.78, 5) is 25.9. The Kier molecular flexibility index (Phi) is 19.1. The Bertz CT molecular complexity index is 1750. The van der Waals surface area contributed by atoms with Gasteiger partial charge >= 0.3 is 5.97 Å². The predicted octanol–water partition coefficient (Wildman–Crippen LogP) is 3.36. The van der Waals surface area contributed by atoms with Gasteiger partial charge in [0.05, 0.1) is 24.7 Å². The van der Waals surface area contributed by atoms with Gasteiger partial charge in [-0.15, -0.1) is 6.42 Å². The molecule has 0 unspecified atom stereocenters. The Labute approximate surface area is 369 Å². The first-order valence-corrected chi connectivity index (χ1v) is 22.2. The van der Waals surface area contributed by atoms with E-state index in [2.05, 4.69) is 38.6 Å². The van der Waals surface area contributed by atoms with Crippen molar-refractivity contribution in [2.45, 2.75) is 153 Å². The molecule has 0 amide bonds. The number of ether oxygens (including phenoxy) is 3. The van der Waals surface area contributed by atoms with Crippen molar-refractivity contribution < 1.29 is 39.4 Å². The van der Waals surface area contributed by atoms with E-state index in [1.165, 1.54) is 13.3 Å². The number of likely N-dealkylation sites (N-methyl/N-ethyl adjacent to an activating group) is 1. The first-order valence-electron chi connectivity index (χ1n) is 22.2. The van der Waals surface area contributed by atoms with Crippen LogP contribution in [0, 0.1) is 30.1 Å². The van der Waals surface area contributed by atoms with Crippen molar-refractivity contribution in [1.82, 2.24) is 30.5 Å². The lowest BCUT2D eigenvalue weighted by atomic mass is 9.78. The molecule has 1 aromatic heterocycles. The molecule has 15 heteroatoms. The minimum absolute atomic E-state index is 0.0657. The molecule has 3 heterocycles. The van der Waals surface area contributed by atoms with Crippen molar-refractivity contribution >= 4 is 5.97 Å². The molecule has 2 aromatic rings. The van der Waals surface area contributed by atoms with Crippen LogP contribution >= 0.6 is 0 Å². The first kappa shape index (κ1) is 50.9. The number of carbonyl (C=O) groups excluding carboxylic acids is 1. The van der Waals surface area contributed by atoms with E-state index < -0.39 is 59.7 Å². The predicted molar refractivity (Wildman–Crippen MR) is 239 cm³/mol. The van der Waals surface area contributed by atoms with E-state index in [-0.39, 0.29) is 43.6 Å². The SMILES string of the molecule is C#C[C@@]1(O)C[C@@H](C)CN(C)[C@H](C)[C@@H](O)[C@](C)(O)[C@@H](CC)OC(=O)[C@H](C)C[C@H](C)[C@H]1O[C@H]1C[C@@H](N(C)CC/C(=C/N[C@H](CO)Cc2ccc(-c3cncnc3)cc2)NN)C[C@@H](C)O1. The number of esters is 1. The molecular weight excluding hydrogens is 791 g/mol. The van der Waals surface area contributed by atoms with E-state index >= 15 is 0 Å². The molecule has 346 valence electrons. The summed E-state index contributed by atoms with van der Waals surface area (Å²) in [6.45, 7) is 13.9. The fourth-order valence-corrected chi connectivity index (χ4v) is 9.11. The zero-order chi connectivity index (χ0) is 45.8. The van der Waals surface area contributed by atoms with Gasteiger partial charge in [0.2, 0.25) is 0 Å². The van der Waals surface area contributed by atoms with Gasteiger partial charge in [-0.3, -0.25) is 10.6 Å². The van der Waals surface area contributed by atoms with Crippen LogP contribution in [-0.4, -0.2) is 140 Å². The van der Waals surface area contributed by atoms with Gasteiger partial charge in [-0.25, -0.2) is 9.97 Å². The van der Waals surface area contributed by atoms with Crippen molar-refractivity contribution in [3.05, 3.63) is 60.4 Å². The zero-order valence-corrected chi connectivity index (χ0v) is 38.4. The molecular formula is C47H75N7O8. The molecule has 0 spiro atoms. The molecule has 2 aliphatic heterocycles. The van der Waals surface area contributed by atoms with Gasteiger partial charge in [-0.05, 0) is 89.9 Å². The number of rotatable bonds is 14. The summed E-state index contributed by atoms with van der Waals surface area (Å²) >= 11 is 0. The highest BCUT2D eigenvalue weighted by Crippen LogP contribution is 2.36. The highest BCUT2D eigenvalue weighted by molar-refractivity contribution is 5.72. The van der Waals surface area contributed by atoms with Crippen molar-refractivity contribution in [1.29, 1.82) is 0 Å². The standard InChI is InChI=1S/C47H75N7O8/c1-11-41-46(8,58)43(56)34(7)54(10)27-30(3)23-47(59,12-2)44(31(4)19-32(5)45(57)61-41)62-42-22-40(20-33(6)60-42)53(9)18-17-38(52-48)26-51-39(28-55)21-35-13-15-36(16-14-35)37-24-49-29-50-25-37/h2,13-16,24-26,29-34,39-44,51-52,55-56,58-59H,11,17-23,27-28,48H2,1,3-10H3/b38-26-/t30-,31+,32-,33-,34-,39+,40+,41-,42+,43-,44-,46-,47-/m1/s1. The number of benzene rings is 1. The minimum Gasteiger partial charge on any atom is -0.459 e. The second-order valence-electron chi connectivity index (χ2n) is 18.4. The molecule has 15 nitrogen and oxygen atoms in total. The number of nitrogens with zero attached hydrogens (tertiary/aromatic N) is 4. The quantitative estimate of drug-likeness (QED) is 0.0629. The molecule has 8 N–H and O–H groups in total. The van der Waals surface area contributed by atoms with E-state index in [0.717, 1.165) is 28.8 Å². The van der Waals surface area contributed by atoms with Crippen LogP contribution < -0.4 is 16.6 Å². The third-order valence-corrected chi connectivity index (χ3v) is 13.0. The third-order valence-electron chi connectivity index (χ3n) is 13.0. The number of aliphatic hydroxyl groups excluding tert-OH is 2. The summed E-state index contributed by atoms with van der Waals surface area (Å²) in [5, 5.41) is 48.7. The highest BCUT2D eigenvalue weighted by atomic mass is 16.7. The van der Waals surface area contributed by atoms with E-state index in [1.54, 1.807) is 19.3 Å². The van der Waals surface area contributed by atoms with Gasteiger partial charge in [0.15, 0.2) is 11.9 Å².